The maximum Gasteiger partial charge on any atom is 0.262 e. The molecule has 1 atom stereocenters. The maximum atomic E-state index is 13.0. The minimum Gasteiger partial charge on any atom is -0.280 e. The standard InChI is InChI=1S/C19H18N2OS/c1-3-13-23-19-20-17-12-8-7-11-16(17)18(22)21(19)14(2)15-9-5-4-6-10-15/h3-12,14H,1,13H2,2H3/t14-/m0/s1. The normalized spacial score (nSPS) is 12.2. The molecule has 0 amide bonds. The van der Waals surface area contributed by atoms with Gasteiger partial charge in [0.25, 0.3) is 5.56 Å². The third kappa shape index (κ3) is 3.08. The summed E-state index contributed by atoms with van der Waals surface area (Å²) in [5.74, 6) is 0.715. The van der Waals surface area contributed by atoms with Gasteiger partial charge in [-0.2, -0.15) is 0 Å². The molecule has 23 heavy (non-hydrogen) atoms. The van der Waals surface area contributed by atoms with Gasteiger partial charge in [-0.25, -0.2) is 4.98 Å². The Labute approximate surface area is 139 Å². The van der Waals surface area contributed by atoms with Crippen LogP contribution in [-0.2, 0) is 0 Å². The highest BCUT2D eigenvalue weighted by Gasteiger charge is 2.17. The molecule has 116 valence electrons. The van der Waals surface area contributed by atoms with Crippen LogP contribution in [0.2, 0.25) is 0 Å². The van der Waals surface area contributed by atoms with Gasteiger partial charge in [0.1, 0.15) is 0 Å². The summed E-state index contributed by atoms with van der Waals surface area (Å²) < 4.78 is 1.78. The Morgan fingerprint density at radius 2 is 1.87 bits per heavy atom. The van der Waals surface area contributed by atoms with Crippen molar-refractivity contribution in [3.05, 3.63) is 83.2 Å². The predicted octanol–water partition coefficient (Wildman–Crippen LogP) is 4.28. The first-order valence-electron chi connectivity index (χ1n) is 7.52. The summed E-state index contributed by atoms with van der Waals surface area (Å²) in [6.07, 6.45) is 1.82. The zero-order valence-corrected chi connectivity index (χ0v) is 13.8. The van der Waals surface area contributed by atoms with Crippen LogP contribution in [0.3, 0.4) is 0 Å². The van der Waals surface area contributed by atoms with Crippen molar-refractivity contribution in [1.82, 2.24) is 9.55 Å². The van der Waals surface area contributed by atoms with Gasteiger partial charge in [-0.05, 0) is 24.6 Å². The molecule has 0 N–H and O–H groups in total. The van der Waals surface area contributed by atoms with E-state index in [1.54, 1.807) is 4.57 Å². The lowest BCUT2D eigenvalue weighted by Crippen LogP contribution is -2.27. The lowest BCUT2D eigenvalue weighted by Gasteiger charge is -2.19. The van der Waals surface area contributed by atoms with Crippen LogP contribution < -0.4 is 5.56 Å². The number of benzene rings is 2. The molecule has 1 aromatic heterocycles. The van der Waals surface area contributed by atoms with E-state index in [-0.39, 0.29) is 11.6 Å². The van der Waals surface area contributed by atoms with E-state index in [1.165, 1.54) is 11.8 Å². The number of thioether (sulfide) groups is 1. The van der Waals surface area contributed by atoms with Crippen LogP contribution >= 0.6 is 11.8 Å². The first-order valence-corrected chi connectivity index (χ1v) is 8.51. The highest BCUT2D eigenvalue weighted by atomic mass is 32.2. The van der Waals surface area contributed by atoms with E-state index < -0.39 is 0 Å². The molecule has 0 saturated heterocycles. The minimum atomic E-state index is -0.0758. The molecule has 0 unspecified atom stereocenters. The molecule has 0 aliphatic carbocycles. The van der Waals surface area contributed by atoms with Gasteiger partial charge in [0.05, 0.1) is 16.9 Å². The third-order valence-electron chi connectivity index (χ3n) is 3.77. The number of nitrogens with zero attached hydrogens (tertiary/aromatic N) is 2. The summed E-state index contributed by atoms with van der Waals surface area (Å²) in [4.78, 5) is 17.7. The second-order valence-corrected chi connectivity index (χ2v) is 6.26. The van der Waals surface area contributed by atoms with Crippen molar-refractivity contribution in [3.63, 3.8) is 0 Å². The molecule has 3 nitrogen and oxygen atoms in total. The smallest absolute Gasteiger partial charge is 0.262 e. The van der Waals surface area contributed by atoms with Gasteiger partial charge in [0, 0.05) is 5.75 Å². The molecule has 0 spiro atoms. The molecule has 0 fully saturated rings. The Bertz CT molecular complexity index is 887. The molecule has 0 aliphatic rings. The van der Waals surface area contributed by atoms with Crippen LogP contribution in [0.25, 0.3) is 10.9 Å². The van der Waals surface area contributed by atoms with Crippen LogP contribution in [0.5, 0.6) is 0 Å². The van der Waals surface area contributed by atoms with Gasteiger partial charge < -0.3 is 0 Å². The Morgan fingerprint density at radius 1 is 1.17 bits per heavy atom. The molecule has 2 aromatic carbocycles. The Morgan fingerprint density at radius 3 is 2.61 bits per heavy atom. The summed E-state index contributed by atoms with van der Waals surface area (Å²) in [6, 6.07) is 17.4. The number of fused-ring (bicyclic) bond motifs is 1. The molecule has 1 heterocycles. The lowest BCUT2D eigenvalue weighted by atomic mass is 10.1. The predicted molar refractivity (Wildman–Crippen MR) is 97.2 cm³/mol. The number of para-hydroxylation sites is 1. The van der Waals surface area contributed by atoms with Crippen molar-refractivity contribution in [1.29, 1.82) is 0 Å². The van der Waals surface area contributed by atoms with Gasteiger partial charge in [0.2, 0.25) is 0 Å². The van der Waals surface area contributed by atoms with E-state index in [1.807, 2.05) is 67.6 Å². The van der Waals surface area contributed by atoms with E-state index >= 15 is 0 Å². The first-order chi connectivity index (χ1) is 11.2. The van der Waals surface area contributed by atoms with Crippen LogP contribution in [0, 0.1) is 0 Å². The van der Waals surface area contributed by atoms with E-state index in [2.05, 4.69) is 6.58 Å². The summed E-state index contributed by atoms with van der Waals surface area (Å²) in [5.41, 5.74) is 1.83. The quantitative estimate of drug-likeness (QED) is 0.399. The minimum absolute atomic E-state index is 0.00137. The van der Waals surface area contributed by atoms with Crippen molar-refractivity contribution in [3.8, 4) is 0 Å². The van der Waals surface area contributed by atoms with Crippen LogP contribution in [0.4, 0.5) is 0 Å². The average Bonchev–Trinajstić information content (AvgIpc) is 2.60. The zero-order chi connectivity index (χ0) is 16.2. The van der Waals surface area contributed by atoms with Crippen LogP contribution in [-0.4, -0.2) is 15.3 Å². The summed E-state index contributed by atoms with van der Waals surface area (Å²) in [7, 11) is 0. The first kappa shape index (κ1) is 15.6. The Kier molecular flexibility index (Phi) is 4.63. The van der Waals surface area contributed by atoms with E-state index in [9.17, 15) is 4.79 Å². The molecular weight excluding hydrogens is 304 g/mol. The molecule has 0 saturated carbocycles. The molecule has 3 rings (SSSR count). The number of hydrogen-bond acceptors (Lipinski definition) is 3. The molecule has 4 heteroatoms. The topological polar surface area (TPSA) is 34.9 Å². The summed E-state index contributed by atoms with van der Waals surface area (Å²) in [6.45, 7) is 5.79. The maximum absolute atomic E-state index is 13.0. The fraction of sp³-hybridized carbons (Fsp3) is 0.158. The SMILES string of the molecule is C=CCSc1nc2ccccc2c(=O)n1[C@@H](C)c1ccccc1. The summed E-state index contributed by atoms with van der Waals surface area (Å²) in [5, 5.41) is 1.38. The molecule has 0 aliphatic heterocycles. The van der Waals surface area contributed by atoms with Crippen molar-refractivity contribution < 1.29 is 0 Å². The van der Waals surface area contributed by atoms with Crippen LogP contribution in [0.15, 0.2) is 77.2 Å². The molecular formula is C19H18N2OS. The molecule has 0 radical (unpaired) electrons. The monoisotopic (exact) mass is 322 g/mol. The van der Waals surface area contributed by atoms with Crippen molar-refractivity contribution >= 4 is 22.7 Å². The fourth-order valence-electron chi connectivity index (χ4n) is 2.58. The van der Waals surface area contributed by atoms with E-state index in [0.29, 0.717) is 11.1 Å². The van der Waals surface area contributed by atoms with Crippen molar-refractivity contribution in [2.75, 3.05) is 5.75 Å². The van der Waals surface area contributed by atoms with Gasteiger partial charge in [0.15, 0.2) is 5.16 Å². The number of rotatable bonds is 5. The van der Waals surface area contributed by atoms with Gasteiger partial charge in [-0.1, -0.05) is 60.3 Å². The summed E-state index contributed by atoms with van der Waals surface area (Å²) >= 11 is 1.53. The van der Waals surface area contributed by atoms with Crippen LogP contribution in [0.1, 0.15) is 18.5 Å². The molecule has 0 bridgehead atoms. The second-order valence-electron chi connectivity index (χ2n) is 5.27. The second kappa shape index (κ2) is 6.84. The number of aromatic nitrogens is 2. The van der Waals surface area contributed by atoms with Crippen molar-refractivity contribution in [2.45, 2.75) is 18.1 Å². The fourth-order valence-corrected chi connectivity index (χ4v) is 3.39. The highest BCUT2D eigenvalue weighted by Crippen LogP contribution is 2.24. The Hall–Kier alpha value is -2.33. The highest BCUT2D eigenvalue weighted by molar-refractivity contribution is 7.99. The van der Waals surface area contributed by atoms with E-state index in [4.69, 9.17) is 4.98 Å². The average molecular weight is 322 g/mol. The Balaban J connectivity index is 2.22. The van der Waals surface area contributed by atoms with Gasteiger partial charge in [-0.3, -0.25) is 9.36 Å². The molecule has 3 aromatic rings. The zero-order valence-electron chi connectivity index (χ0n) is 13.0. The van der Waals surface area contributed by atoms with Gasteiger partial charge >= 0.3 is 0 Å². The third-order valence-corrected chi connectivity index (χ3v) is 4.72. The lowest BCUT2D eigenvalue weighted by molar-refractivity contribution is 0.549. The van der Waals surface area contributed by atoms with Gasteiger partial charge in [-0.15, -0.1) is 6.58 Å². The van der Waals surface area contributed by atoms with E-state index in [0.717, 1.165) is 16.2 Å². The van der Waals surface area contributed by atoms with Crippen molar-refractivity contribution in [2.24, 2.45) is 0 Å². The largest absolute Gasteiger partial charge is 0.280 e. The number of hydrogen-bond donors (Lipinski definition) is 0.